The van der Waals surface area contributed by atoms with Crippen LogP contribution in [0.4, 0.5) is 4.39 Å². The largest absolute Gasteiger partial charge is 0.490 e. The molecular formula is C25H21FO5. The van der Waals surface area contributed by atoms with Crippen molar-refractivity contribution in [3.63, 3.8) is 0 Å². The highest BCUT2D eigenvalue weighted by Crippen LogP contribution is 2.44. The number of epoxide rings is 1. The Labute approximate surface area is 179 Å². The number of Topliss-reactive ketones (excluding diaryl/α,β-unsaturated/α-hetero) is 1. The molecule has 2 aliphatic rings. The zero-order valence-corrected chi connectivity index (χ0v) is 16.8. The number of fused-ring (bicyclic) bond motifs is 1. The first-order chi connectivity index (χ1) is 15.2. The van der Waals surface area contributed by atoms with Gasteiger partial charge in [0.15, 0.2) is 23.4 Å². The number of hydrogen-bond acceptors (Lipinski definition) is 5. The summed E-state index contributed by atoms with van der Waals surface area (Å²) in [6, 6.07) is 19.1. The topological polar surface area (TPSA) is 57.3 Å². The van der Waals surface area contributed by atoms with Crippen LogP contribution < -0.4 is 14.2 Å². The molecule has 5 rings (SSSR count). The van der Waals surface area contributed by atoms with Crippen molar-refractivity contribution in [1.82, 2.24) is 0 Å². The van der Waals surface area contributed by atoms with Gasteiger partial charge in [0.2, 0.25) is 0 Å². The van der Waals surface area contributed by atoms with Crippen LogP contribution in [0.25, 0.3) is 0 Å². The van der Waals surface area contributed by atoms with Gasteiger partial charge in [-0.05, 0) is 41.5 Å². The number of ether oxygens (including phenoxy) is 4. The van der Waals surface area contributed by atoms with E-state index in [2.05, 4.69) is 0 Å². The van der Waals surface area contributed by atoms with Crippen molar-refractivity contribution in [3.05, 3.63) is 89.2 Å². The van der Waals surface area contributed by atoms with Gasteiger partial charge in [0, 0.05) is 6.42 Å². The van der Waals surface area contributed by atoms with Crippen LogP contribution in [0.15, 0.2) is 66.7 Å². The molecule has 0 spiro atoms. The molecule has 0 amide bonds. The lowest BCUT2D eigenvalue weighted by atomic mass is 10.0. The van der Waals surface area contributed by atoms with Crippen molar-refractivity contribution in [2.24, 2.45) is 0 Å². The molecule has 2 atom stereocenters. The van der Waals surface area contributed by atoms with Crippen LogP contribution in [0.3, 0.4) is 0 Å². The molecule has 0 N–H and O–H groups in total. The smallest absolute Gasteiger partial charge is 0.198 e. The zero-order valence-electron chi connectivity index (χ0n) is 16.8. The fraction of sp³-hybridized carbons (Fsp3) is 0.240. The van der Waals surface area contributed by atoms with Gasteiger partial charge in [-0.2, -0.15) is 0 Å². The lowest BCUT2D eigenvalue weighted by molar-refractivity contribution is 0.0948. The van der Waals surface area contributed by atoms with E-state index in [1.165, 1.54) is 18.2 Å². The minimum absolute atomic E-state index is 0.178. The van der Waals surface area contributed by atoms with E-state index < -0.39 is 18.0 Å². The SMILES string of the molecule is O=C(c1cc(F)ccc1OCc1ccccc1)C1OC1c1ccc2c(c1)OCCCO2. The highest BCUT2D eigenvalue weighted by molar-refractivity contribution is 6.03. The van der Waals surface area contributed by atoms with Crippen LogP contribution >= 0.6 is 0 Å². The van der Waals surface area contributed by atoms with Crippen molar-refractivity contribution in [2.45, 2.75) is 25.2 Å². The number of rotatable bonds is 6. The second-order valence-electron chi connectivity index (χ2n) is 7.51. The Morgan fingerprint density at radius 3 is 2.61 bits per heavy atom. The zero-order chi connectivity index (χ0) is 21.2. The third kappa shape index (κ3) is 4.25. The summed E-state index contributed by atoms with van der Waals surface area (Å²) < 4.78 is 36.8. The van der Waals surface area contributed by atoms with Crippen molar-refractivity contribution in [3.8, 4) is 17.2 Å². The summed E-state index contributed by atoms with van der Waals surface area (Å²) >= 11 is 0. The molecule has 0 aliphatic carbocycles. The quantitative estimate of drug-likeness (QED) is 0.420. The molecule has 31 heavy (non-hydrogen) atoms. The predicted octanol–water partition coefficient (Wildman–Crippen LogP) is 4.89. The minimum Gasteiger partial charge on any atom is -0.490 e. The Morgan fingerprint density at radius 2 is 1.77 bits per heavy atom. The third-order valence-electron chi connectivity index (χ3n) is 5.29. The first-order valence-corrected chi connectivity index (χ1v) is 10.2. The van der Waals surface area contributed by atoms with Crippen molar-refractivity contribution in [1.29, 1.82) is 0 Å². The normalized spacial score (nSPS) is 19.4. The maximum absolute atomic E-state index is 13.9. The van der Waals surface area contributed by atoms with Gasteiger partial charge in [-0.15, -0.1) is 0 Å². The maximum atomic E-state index is 13.9. The first kappa shape index (κ1) is 19.6. The van der Waals surface area contributed by atoms with Crippen LogP contribution in [0, 0.1) is 5.82 Å². The van der Waals surface area contributed by atoms with Gasteiger partial charge in [0.1, 0.15) is 24.3 Å². The highest BCUT2D eigenvalue weighted by Gasteiger charge is 2.47. The fourth-order valence-corrected chi connectivity index (χ4v) is 3.63. The van der Waals surface area contributed by atoms with Gasteiger partial charge in [0.25, 0.3) is 0 Å². The average molecular weight is 420 g/mol. The number of ketones is 1. The first-order valence-electron chi connectivity index (χ1n) is 10.2. The van der Waals surface area contributed by atoms with Crippen LogP contribution in [-0.4, -0.2) is 25.1 Å². The maximum Gasteiger partial charge on any atom is 0.198 e. The number of halogens is 1. The molecule has 3 aromatic carbocycles. The molecule has 3 aromatic rings. The Morgan fingerprint density at radius 1 is 0.968 bits per heavy atom. The van der Waals surface area contributed by atoms with Crippen LogP contribution in [0.2, 0.25) is 0 Å². The summed E-state index contributed by atoms with van der Waals surface area (Å²) in [5, 5.41) is 0. The molecule has 2 aliphatic heterocycles. The lowest BCUT2D eigenvalue weighted by Gasteiger charge is -2.11. The Balaban J connectivity index is 1.33. The molecular weight excluding hydrogens is 399 g/mol. The molecule has 0 saturated carbocycles. The van der Waals surface area contributed by atoms with Gasteiger partial charge < -0.3 is 18.9 Å². The van der Waals surface area contributed by atoms with Gasteiger partial charge in [0.05, 0.1) is 18.8 Å². The summed E-state index contributed by atoms with van der Waals surface area (Å²) in [6.07, 6.45) is -0.281. The van der Waals surface area contributed by atoms with E-state index in [4.69, 9.17) is 18.9 Å². The van der Waals surface area contributed by atoms with Crippen LogP contribution in [-0.2, 0) is 11.3 Å². The number of carbonyl (C=O) groups is 1. The summed E-state index contributed by atoms with van der Waals surface area (Å²) in [7, 11) is 0. The monoisotopic (exact) mass is 420 g/mol. The van der Waals surface area contributed by atoms with E-state index in [0.717, 1.165) is 17.5 Å². The van der Waals surface area contributed by atoms with E-state index in [9.17, 15) is 9.18 Å². The number of benzene rings is 3. The summed E-state index contributed by atoms with van der Waals surface area (Å²) in [6.45, 7) is 1.47. The van der Waals surface area contributed by atoms with E-state index in [0.29, 0.717) is 30.5 Å². The highest BCUT2D eigenvalue weighted by atomic mass is 19.1. The second kappa shape index (κ2) is 8.40. The molecule has 2 unspecified atom stereocenters. The Kier molecular flexibility index (Phi) is 5.30. The fourth-order valence-electron chi connectivity index (χ4n) is 3.63. The van der Waals surface area contributed by atoms with Gasteiger partial charge in [-0.3, -0.25) is 4.79 Å². The van der Waals surface area contributed by atoms with E-state index >= 15 is 0 Å². The Hall–Kier alpha value is -3.38. The van der Waals surface area contributed by atoms with Crippen molar-refractivity contribution >= 4 is 5.78 Å². The molecule has 0 bridgehead atoms. The number of hydrogen-bond donors (Lipinski definition) is 0. The molecule has 5 nitrogen and oxygen atoms in total. The summed E-state index contributed by atoms with van der Waals surface area (Å²) in [4.78, 5) is 13.1. The molecule has 158 valence electrons. The van der Waals surface area contributed by atoms with Crippen LogP contribution in [0.1, 0.15) is 34.0 Å². The van der Waals surface area contributed by atoms with E-state index in [1.54, 1.807) is 0 Å². The lowest BCUT2D eigenvalue weighted by Crippen LogP contribution is -2.11. The molecule has 0 aromatic heterocycles. The Bertz CT molecular complexity index is 1100. The van der Waals surface area contributed by atoms with Gasteiger partial charge in [-0.1, -0.05) is 36.4 Å². The van der Waals surface area contributed by atoms with Crippen molar-refractivity contribution < 1.29 is 28.1 Å². The van der Waals surface area contributed by atoms with E-state index in [-0.39, 0.29) is 18.0 Å². The van der Waals surface area contributed by atoms with Crippen LogP contribution in [0.5, 0.6) is 17.2 Å². The van der Waals surface area contributed by atoms with Gasteiger partial charge >= 0.3 is 0 Å². The molecule has 1 fully saturated rings. The predicted molar refractivity (Wildman–Crippen MR) is 111 cm³/mol. The van der Waals surface area contributed by atoms with E-state index in [1.807, 2.05) is 48.5 Å². The molecule has 2 heterocycles. The molecule has 0 radical (unpaired) electrons. The van der Waals surface area contributed by atoms with Gasteiger partial charge in [-0.25, -0.2) is 4.39 Å². The molecule has 6 heteroatoms. The third-order valence-corrected chi connectivity index (χ3v) is 5.29. The summed E-state index contributed by atoms with van der Waals surface area (Å²) in [5.74, 6) is 0.867. The minimum atomic E-state index is -0.689. The van der Waals surface area contributed by atoms with Crippen molar-refractivity contribution in [2.75, 3.05) is 13.2 Å². The number of carbonyl (C=O) groups excluding carboxylic acids is 1. The second-order valence-corrected chi connectivity index (χ2v) is 7.51. The average Bonchev–Trinajstić information content (AvgIpc) is 3.62. The standard InChI is InChI=1S/C25H21FO5/c26-18-8-10-20(30-15-16-5-2-1-3-6-16)19(14-18)23(27)25-24(31-25)17-7-9-21-22(13-17)29-12-4-11-28-21/h1-3,5-10,13-14,24-25H,4,11-12,15H2. The summed E-state index contributed by atoms with van der Waals surface area (Å²) in [5.41, 5.74) is 1.96. The molecule has 1 saturated heterocycles.